The van der Waals surface area contributed by atoms with Gasteiger partial charge in [0.15, 0.2) is 0 Å². The fraction of sp³-hybridized carbons (Fsp3) is 0.467. The van der Waals surface area contributed by atoms with Crippen molar-refractivity contribution in [3.8, 4) is 0 Å². The van der Waals surface area contributed by atoms with E-state index >= 15 is 0 Å². The van der Waals surface area contributed by atoms with Crippen LogP contribution in [0.2, 0.25) is 0 Å². The molecule has 1 fully saturated rings. The average molecular weight is 321 g/mol. The Morgan fingerprint density at radius 2 is 2.04 bits per heavy atom. The van der Waals surface area contributed by atoms with E-state index in [2.05, 4.69) is 5.32 Å². The zero-order valence-electron chi connectivity index (χ0n) is 12.6. The van der Waals surface area contributed by atoms with Crippen molar-refractivity contribution >= 4 is 17.7 Å². The lowest BCUT2D eigenvalue weighted by atomic mass is 10.1. The van der Waals surface area contributed by atoms with Gasteiger partial charge in [-0.25, -0.2) is 4.79 Å². The third-order valence-corrected chi connectivity index (χ3v) is 3.62. The second-order valence-corrected chi connectivity index (χ2v) is 5.47. The first-order valence-electron chi connectivity index (χ1n) is 7.47. The first-order valence-corrected chi connectivity index (χ1v) is 7.47. The molecule has 124 valence electrons. The average Bonchev–Trinajstić information content (AvgIpc) is 3.33. The van der Waals surface area contributed by atoms with E-state index in [0.717, 1.165) is 12.8 Å². The number of hydrogen-bond donors (Lipinski definition) is 2. The number of carboxylic acid groups (broad SMARTS) is 1. The number of nitrogens with one attached hydrogen (secondary N) is 1. The maximum absolute atomic E-state index is 12.3. The summed E-state index contributed by atoms with van der Waals surface area (Å²) >= 11 is 0. The number of benzene rings is 1. The van der Waals surface area contributed by atoms with Gasteiger partial charge in [0.05, 0.1) is 11.5 Å². The van der Waals surface area contributed by atoms with Gasteiger partial charge in [-0.2, -0.15) is 0 Å². The molecule has 0 aliphatic heterocycles. The minimum atomic E-state index is -0.904. The summed E-state index contributed by atoms with van der Waals surface area (Å²) in [5.41, 5.74) is 0.488. The van der Waals surface area contributed by atoms with Crippen LogP contribution in [0, 0.1) is 10.1 Å². The number of rotatable bonds is 8. The van der Waals surface area contributed by atoms with Gasteiger partial charge in [-0.1, -0.05) is 18.2 Å². The Balaban J connectivity index is 1.98. The van der Waals surface area contributed by atoms with Crippen LogP contribution in [-0.4, -0.2) is 39.5 Å². The van der Waals surface area contributed by atoms with Gasteiger partial charge in [0, 0.05) is 30.6 Å². The van der Waals surface area contributed by atoms with Crippen LogP contribution < -0.4 is 5.32 Å². The number of para-hydroxylation sites is 1. The quantitative estimate of drug-likeness (QED) is 0.432. The standard InChI is InChI=1S/C15H19N3O5/c19-14(20)6-3-9-16-15(21)17(12-7-8-12)10-11-4-1-2-5-13(11)18(22)23/h1-2,4-5,12H,3,6-10H2,(H,16,21)(H,19,20). The lowest BCUT2D eigenvalue weighted by molar-refractivity contribution is -0.385. The smallest absolute Gasteiger partial charge is 0.317 e. The Hall–Kier alpha value is -2.64. The molecule has 1 aliphatic rings. The normalized spacial score (nSPS) is 13.4. The molecule has 1 aromatic rings. The molecule has 2 rings (SSSR count). The predicted molar refractivity (Wildman–Crippen MR) is 81.9 cm³/mol. The number of carbonyl (C=O) groups is 2. The van der Waals surface area contributed by atoms with Gasteiger partial charge in [0.2, 0.25) is 0 Å². The van der Waals surface area contributed by atoms with Crippen molar-refractivity contribution in [3.63, 3.8) is 0 Å². The van der Waals surface area contributed by atoms with E-state index in [1.807, 2.05) is 0 Å². The molecule has 1 aliphatic carbocycles. The molecule has 0 saturated heterocycles. The number of carboxylic acids is 1. The Morgan fingerprint density at radius 3 is 2.65 bits per heavy atom. The van der Waals surface area contributed by atoms with E-state index in [9.17, 15) is 19.7 Å². The third kappa shape index (κ3) is 4.94. The lowest BCUT2D eigenvalue weighted by Crippen LogP contribution is -2.41. The van der Waals surface area contributed by atoms with Crippen molar-refractivity contribution in [1.29, 1.82) is 0 Å². The highest BCUT2D eigenvalue weighted by Gasteiger charge is 2.33. The van der Waals surface area contributed by atoms with Gasteiger partial charge >= 0.3 is 12.0 Å². The third-order valence-electron chi connectivity index (χ3n) is 3.62. The summed E-state index contributed by atoms with van der Waals surface area (Å²) in [6.45, 7) is 0.442. The van der Waals surface area contributed by atoms with Gasteiger partial charge < -0.3 is 15.3 Å². The van der Waals surface area contributed by atoms with Crippen molar-refractivity contribution in [2.45, 2.75) is 38.3 Å². The number of amides is 2. The molecule has 0 unspecified atom stereocenters. The second-order valence-electron chi connectivity index (χ2n) is 5.47. The summed E-state index contributed by atoms with van der Waals surface area (Å²) in [5, 5.41) is 22.3. The molecular formula is C15H19N3O5. The maximum Gasteiger partial charge on any atom is 0.317 e. The van der Waals surface area contributed by atoms with Crippen LogP contribution in [-0.2, 0) is 11.3 Å². The van der Waals surface area contributed by atoms with Crippen LogP contribution in [0.3, 0.4) is 0 Å². The van der Waals surface area contributed by atoms with Crippen molar-refractivity contribution in [3.05, 3.63) is 39.9 Å². The first-order chi connectivity index (χ1) is 11.0. The molecule has 0 aromatic heterocycles. The minimum Gasteiger partial charge on any atom is -0.481 e. The van der Waals surface area contributed by atoms with Crippen LogP contribution in [0.1, 0.15) is 31.2 Å². The van der Waals surface area contributed by atoms with Crippen LogP contribution in [0.25, 0.3) is 0 Å². The largest absolute Gasteiger partial charge is 0.481 e. The Morgan fingerprint density at radius 1 is 1.35 bits per heavy atom. The van der Waals surface area contributed by atoms with Crippen LogP contribution >= 0.6 is 0 Å². The lowest BCUT2D eigenvalue weighted by Gasteiger charge is -2.22. The highest BCUT2D eigenvalue weighted by molar-refractivity contribution is 5.75. The van der Waals surface area contributed by atoms with E-state index in [4.69, 9.17) is 5.11 Å². The summed E-state index contributed by atoms with van der Waals surface area (Å²) in [6.07, 6.45) is 2.10. The zero-order chi connectivity index (χ0) is 16.8. The molecule has 0 spiro atoms. The Kier molecular flexibility index (Phi) is 5.51. The summed E-state index contributed by atoms with van der Waals surface area (Å²) in [5.74, 6) is -0.904. The molecule has 0 atom stereocenters. The summed E-state index contributed by atoms with van der Waals surface area (Å²) < 4.78 is 0. The molecule has 1 saturated carbocycles. The molecule has 1 aromatic carbocycles. The van der Waals surface area contributed by atoms with Crippen molar-refractivity contribution in [1.82, 2.24) is 10.2 Å². The van der Waals surface area contributed by atoms with Crippen molar-refractivity contribution < 1.29 is 19.6 Å². The number of nitro groups is 1. The molecule has 0 bridgehead atoms. The number of nitrogens with zero attached hydrogens (tertiary/aromatic N) is 2. The molecule has 8 heteroatoms. The highest BCUT2D eigenvalue weighted by atomic mass is 16.6. The summed E-state index contributed by atoms with van der Waals surface area (Å²) in [7, 11) is 0. The molecular weight excluding hydrogens is 302 g/mol. The molecule has 2 amide bonds. The van der Waals surface area contributed by atoms with E-state index < -0.39 is 10.9 Å². The molecule has 0 heterocycles. The number of hydrogen-bond acceptors (Lipinski definition) is 4. The molecule has 2 N–H and O–H groups in total. The minimum absolute atomic E-state index is 0.00294. The number of carbonyl (C=O) groups excluding carboxylic acids is 1. The fourth-order valence-corrected chi connectivity index (χ4v) is 2.30. The number of urea groups is 1. The van der Waals surface area contributed by atoms with E-state index in [-0.39, 0.29) is 37.3 Å². The topological polar surface area (TPSA) is 113 Å². The molecule has 8 nitrogen and oxygen atoms in total. The molecule has 0 radical (unpaired) electrons. The van der Waals surface area contributed by atoms with Crippen molar-refractivity contribution in [2.75, 3.05) is 6.54 Å². The monoisotopic (exact) mass is 321 g/mol. The summed E-state index contributed by atoms with van der Waals surface area (Å²) in [6, 6.07) is 6.15. The van der Waals surface area contributed by atoms with Gasteiger partial charge in [-0.3, -0.25) is 14.9 Å². The van der Waals surface area contributed by atoms with Gasteiger partial charge in [0.25, 0.3) is 5.69 Å². The van der Waals surface area contributed by atoms with Gasteiger partial charge in [0.1, 0.15) is 0 Å². The second kappa shape index (κ2) is 7.57. The van der Waals surface area contributed by atoms with E-state index in [0.29, 0.717) is 12.0 Å². The highest BCUT2D eigenvalue weighted by Crippen LogP contribution is 2.30. The fourth-order valence-electron chi connectivity index (χ4n) is 2.30. The van der Waals surface area contributed by atoms with Gasteiger partial charge in [-0.05, 0) is 19.3 Å². The van der Waals surface area contributed by atoms with Gasteiger partial charge in [-0.15, -0.1) is 0 Å². The Labute approximate surface area is 133 Å². The molecule has 23 heavy (non-hydrogen) atoms. The summed E-state index contributed by atoms with van der Waals surface area (Å²) in [4.78, 5) is 34.9. The maximum atomic E-state index is 12.3. The number of nitro benzene ring substituents is 1. The van der Waals surface area contributed by atoms with Crippen LogP contribution in [0.5, 0.6) is 0 Å². The SMILES string of the molecule is O=C(O)CCCNC(=O)N(Cc1ccccc1[N+](=O)[O-])C1CC1. The zero-order valence-corrected chi connectivity index (χ0v) is 12.6. The van der Waals surface area contributed by atoms with Crippen molar-refractivity contribution in [2.24, 2.45) is 0 Å². The number of aliphatic carboxylic acids is 1. The van der Waals surface area contributed by atoms with E-state index in [1.54, 1.807) is 23.1 Å². The first kappa shape index (κ1) is 16.7. The van der Waals surface area contributed by atoms with Crippen LogP contribution in [0.4, 0.5) is 10.5 Å². The predicted octanol–water partition coefficient (Wildman–Crippen LogP) is 2.13. The Bertz CT molecular complexity index is 601. The van der Waals surface area contributed by atoms with Crippen LogP contribution in [0.15, 0.2) is 24.3 Å². The van der Waals surface area contributed by atoms with E-state index in [1.165, 1.54) is 6.07 Å².